The molecule has 0 amide bonds. The van der Waals surface area contributed by atoms with E-state index in [1.165, 1.54) is 5.56 Å². The number of likely N-dealkylation sites (N-methyl/N-ethyl adjacent to an activating group) is 1. The molecule has 4 nitrogen and oxygen atoms in total. The number of rotatable bonds is 5. The molecular formula is C14H19NO3S. The summed E-state index contributed by atoms with van der Waals surface area (Å²) in [5, 5.41) is 9.48. The summed E-state index contributed by atoms with van der Waals surface area (Å²) < 4.78 is 5.12. The van der Waals surface area contributed by atoms with Crippen LogP contribution in [-0.4, -0.2) is 48.0 Å². The number of carbonyl (C=O) groups is 1. The van der Waals surface area contributed by atoms with E-state index in [9.17, 15) is 4.79 Å². The fourth-order valence-corrected chi connectivity index (χ4v) is 3.58. The summed E-state index contributed by atoms with van der Waals surface area (Å²) >= 11 is 1.83. The van der Waals surface area contributed by atoms with Crippen LogP contribution in [-0.2, 0) is 10.5 Å². The van der Waals surface area contributed by atoms with Gasteiger partial charge in [-0.15, -0.1) is 0 Å². The van der Waals surface area contributed by atoms with E-state index in [1.54, 1.807) is 7.11 Å². The molecule has 19 heavy (non-hydrogen) atoms. The smallest absolute Gasteiger partial charge is 0.320 e. The SMILES string of the molecule is COc1ccc(CS[C@H]2C[C@@H](C(=O)O)N(C)C2)cc1. The first-order chi connectivity index (χ1) is 9.10. The van der Waals surface area contributed by atoms with E-state index in [0.717, 1.165) is 24.5 Å². The van der Waals surface area contributed by atoms with E-state index in [1.807, 2.05) is 35.8 Å². The van der Waals surface area contributed by atoms with Gasteiger partial charge < -0.3 is 9.84 Å². The Hall–Kier alpha value is -1.20. The van der Waals surface area contributed by atoms with E-state index in [0.29, 0.717) is 5.25 Å². The van der Waals surface area contributed by atoms with Crippen LogP contribution in [0.4, 0.5) is 0 Å². The number of likely N-dealkylation sites (tertiary alicyclic amines) is 1. The van der Waals surface area contributed by atoms with Crippen LogP contribution in [0.3, 0.4) is 0 Å². The fraction of sp³-hybridized carbons (Fsp3) is 0.500. The highest BCUT2D eigenvalue weighted by atomic mass is 32.2. The van der Waals surface area contributed by atoms with E-state index < -0.39 is 5.97 Å². The number of hydrogen-bond donors (Lipinski definition) is 1. The molecule has 1 aliphatic heterocycles. The van der Waals surface area contributed by atoms with Gasteiger partial charge in [-0.3, -0.25) is 9.69 Å². The normalized spacial score (nSPS) is 23.5. The predicted octanol–water partition coefficient (Wildman–Crippen LogP) is 2.09. The zero-order valence-electron chi connectivity index (χ0n) is 11.2. The molecule has 0 unspecified atom stereocenters. The largest absolute Gasteiger partial charge is 0.497 e. The molecular weight excluding hydrogens is 262 g/mol. The van der Waals surface area contributed by atoms with Gasteiger partial charge in [0.2, 0.25) is 0 Å². The molecule has 0 bridgehead atoms. The lowest BCUT2D eigenvalue weighted by atomic mass is 10.2. The van der Waals surface area contributed by atoms with Gasteiger partial charge in [-0.2, -0.15) is 11.8 Å². The van der Waals surface area contributed by atoms with Crippen molar-refractivity contribution in [1.82, 2.24) is 4.90 Å². The van der Waals surface area contributed by atoms with Crippen molar-refractivity contribution in [2.24, 2.45) is 0 Å². The molecule has 0 saturated carbocycles. The van der Waals surface area contributed by atoms with Crippen molar-refractivity contribution in [3.05, 3.63) is 29.8 Å². The molecule has 2 atom stereocenters. The van der Waals surface area contributed by atoms with Crippen molar-refractivity contribution in [2.45, 2.75) is 23.5 Å². The summed E-state index contributed by atoms with van der Waals surface area (Å²) in [5.41, 5.74) is 1.24. The van der Waals surface area contributed by atoms with Crippen molar-refractivity contribution in [3.63, 3.8) is 0 Å². The van der Waals surface area contributed by atoms with Gasteiger partial charge in [0.25, 0.3) is 0 Å². The van der Waals surface area contributed by atoms with Gasteiger partial charge in [-0.25, -0.2) is 0 Å². The molecule has 1 N–H and O–H groups in total. The summed E-state index contributed by atoms with van der Waals surface area (Å²) in [5.74, 6) is 1.06. The van der Waals surface area contributed by atoms with Gasteiger partial charge in [0.15, 0.2) is 0 Å². The standard InChI is InChI=1S/C14H19NO3S/c1-15-8-12(7-13(15)14(16)17)19-9-10-3-5-11(18-2)6-4-10/h3-6,12-13H,7-9H2,1-2H3,(H,16,17)/t12-,13-/m0/s1. The lowest BCUT2D eigenvalue weighted by Crippen LogP contribution is -2.32. The number of hydrogen-bond acceptors (Lipinski definition) is 4. The van der Waals surface area contributed by atoms with E-state index in [2.05, 4.69) is 12.1 Å². The van der Waals surface area contributed by atoms with Crippen LogP contribution in [0.15, 0.2) is 24.3 Å². The third-order valence-electron chi connectivity index (χ3n) is 3.44. The highest BCUT2D eigenvalue weighted by Crippen LogP contribution is 2.29. The Bertz CT molecular complexity index is 435. The summed E-state index contributed by atoms with van der Waals surface area (Å²) in [4.78, 5) is 13.0. The Morgan fingerprint density at radius 2 is 2.16 bits per heavy atom. The Labute approximate surface area is 117 Å². The highest BCUT2D eigenvalue weighted by molar-refractivity contribution is 7.99. The maximum absolute atomic E-state index is 11.0. The maximum atomic E-state index is 11.0. The minimum absolute atomic E-state index is 0.326. The molecule has 0 aromatic heterocycles. The van der Waals surface area contributed by atoms with Crippen molar-refractivity contribution in [1.29, 1.82) is 0 Å². The molecule has 0 spiro atoms. The van der Waals surface area contributed by atoms with Crippen molar-refractivity contribution >= 4 is 17.7 Å². The topological polar surface area (TPSA) is 49.8 Å². The molecule has 0 aliphatic carbocycles. The van der Waals surface area contributed by atoms with Crippen molar-refractivity contribution in [2.75, 3.05) is 20.7 Å². The number of benzene rings is 1. The Kier molecular flexibility index (Phi) is 4.71. The van der Waals surface area contributed by atoms with E-state index >= 15 is 0 Å². The van der Waals surface area contributed by atoms with Gasteiger partial charge in [0.05, 0.1) is 7.11 Å². The number of methoxy groups -OCH3 is 1. The minimum atomic E-state index is -0.713. The zero-order valence-corrected chi connectivity index (χ0v) is 12.0. The second-order valence-corrected chi connectivity index (χ2v) is 6.10. The monoisotopic (exact) mass is 281 g/mol. The summed E-state index contributed by atoms with van der Waals surface area (Å²) in [6.07, 6.45) is 0.729. The number of carboxylic acids is 1. The van der Waals surface area contributed by atoms with Crippen LogP contribution in [0.5, 0.6) is 5.75 Å². The lowest BCUT2D eigenvalue weighted by molar-refractivity contribution is -0.141. The van der Waals surface area contributed by atoms with Crippen LogP contribution in [0, 0.1) is 0 Å². The maximum Gasteiger partial charge on any atom is 0.320 e. The summed E-state index contributed by atoms with van der Waals surface area (Å²) in [6.45, 7) is 0.845. The number of thioether (sulfide) groups is 1. The van der Waals surface area contributed by atoms with Crippen molar-refractivity contribution in [3.8, 4) is 5.75 Å². The Balaban J connectivity index is 1.84. The van der Waals surface area contributed by atoms with Crippen molar-refractivity contribution < 1.29 is 14.6 Å². The molecule has 1 aromatic carbocycles. The summed E-state index contributed by atoms with van der Waals surface area (Å²) in [7, 11) is 3.54. The average molecular weight is 281 g/mol. The van der Waals surface area contributed by atoms with Crippen LogP contribution < -0.4 is 4.74 Å². The molecule has 1 aliphatic rings. The summed E-state index contributed by atoms with van der Waals surface area (Å²) in [6, 6.07) is 7.69. The number of ether oxygens (including phenoxy) is 1. The number of nitrogens with zero attached hydrogens (tertiary/aromatic N) is 1. The first kappa shape index (κ1) is 14.2. The van der Waals surface area contributed by atoms with Gasteiger partial charge in [0.1, 0.15) is 11.8 Å². The van der Waals surface area contributed by atoms with Gasteiger partial charge in [0, 0.05) is 17.5 Å². The third kappa shape index (κ3) is 3.64. The fourth-order valence-electron chi connectivity index (χ4n) is 2.30. The molecule has 104 valence electrons. The molecule has 1 saturated heterocycles. The Morgan fingerprint density at radius 1 is 1.47 bits per heavy atom. The lowest BCUT2D eigenvalue weighted by Gasteiger charge is -2.13. The molecule has 0 radical (unpaired) electrons. The second-order valence-electron chi connectivity index (χ2n) is 4.81. The minimum Gasteiger partial charge on any atom is -0.497 e. The number of carboxylic acid groups (broad SMARTS) is 1. The molecule has 1 heterocycles. The van der Waals surface area contributed by atoms with E-state index in [4.69, 9.17) is 9.84 Å². The quantitative estimate of drug-likeness (QED) is 0.895. The molecule has 1 fully saturated rings. The average Bonchev–Trinajstić information content (AvgIpc) is 2.78. The predicted molar refractivity (Wildman–Crippen MR) is 76.7 cm³/mol. The number of aliphatic carboxylic acids is 1. The first-order valence-corrected chi connectivity index (χ1v) is 7.32. The second kappa shape index (κ2) is 6.30. The van der Waals surface area contributed by atoms with E-state index in [-0.39, 0.29) is 6.04 Å². The van der Waals surface area contributed by atoms with Crippen LogP contribution in [0.25, 0.3) is 0 Å². The zero-order chi connectivity index (χ0) is 13.8. The molecule has 2 rings (SSSR count). The molecule has 1 aromatic rings. The highest BCUT2D eigenvalue weighted by Gasteiger charge is 2.34. The first-order valence-electron chi connectivity index (χ1n) is 6.27. The van der Waals surface area contributed by atoms with Gasteiger partial charge in [-0.05, 0) is 31.2 Å². The third-order valence-corrected chi connectivity index (χ3v) is 4.75. The van der Waals surface area contributed by atoms with Gasteiger partial charge >= 0.3 is 5.97 Å². The molecule has 5 heteroatoms. The van der Waals surface area contributed by atoms with Gasteiger partial charge in [-0.1, -0.05) is 12.1 Å². The van der Waals surface area contributed by atoms with Crippen LogP contribution >= 0.6 is 11.8 Å². The van der Waals surface area contributed by atoms with Crippen LogP contribution in [0.2, 0.25) is 0 Å². The van der Waals surface area contributed by atoms with Crippen LogP contribution in [0.1, 0.15) is 12.0 Å². The Morgan fingerprint density at radius 3 is 2.68 bits per heavy atom.